The summed E-state index contributed by atoms with van der Waals surface area (Å²) in [5.41, 5.74) is -0.117. The molecule has 1 atom stereocenters. The number of carbonyl (C=O) groups is 2. The van der Waals surface area contributed by atoms with Gasteiger partial charge in [0.1, 0.15) is 11.9 Å². The molecular formula is C15H19ClFNO3. The van der Waals surface area contributed by atoms with Gasteiger partial charge >= 0.3 is 5.97 Å². The molecule has 0 aliphatic carbocycles. The fourth-order valence-corrected chi connectivity index (χ4v) is 1.96. The first-order valence-corrected chi connectivity index (χ1v) is 6.97. The van der Waals surface area contributed by atoms with Gasteiger partial charge in [0.25, 0.3) is 5.91 Å². The molecule has 6 heteroatoms. The molecule has 0 heterocycles. The van der Waals surface area contributed by atoms with E-state index in [1.54, 1.807) is 0 Å². The van der Waals surface area contributed by atoms with Crippen LogP contribution in [0.15, 0.2) is 18.2 Å². The van der Waals surface area contributed by atoms with Crippen molar-refractivity contribution in [2.24, 2.45) is 5.41 Å². The number of benzene rings is 1. The van der Waals surface area contributed by atoms with E-state index in [-0.39, 0.29) is 22.4 Å². The fraction of sp³-hybridized carbons (Fsp3) is 0.467. The zero-order valence-electron chi connectivity index (χ0n) is 12.2. The molecule has 1 unspecified atom stereocenters. The lowest BCUT2D eigenvalue weighted by molar-refractivity contribution is -0.139. The Morgan fingerprint density at radius 1 is 1.38 bits per heavy atom. The third kappa shape index (κ3) is 5.34. The minimum absolute atomic E-state index is 0.0467. The second kappa shape index (κ2) is 6.89. The first-order chi connectivity index (χ1) is 9.61. The van der Waals surface area contributed by atoms with Crippen molar-refractivity contribution in [2.45, 2.75) is 39.7 Å². The normalized spacial score (nSPS) is 12.8. The van der Waals surface area contributed by atoms with Crippen LogP contribution in [0.1, 0.15) is 44.0 Å². The van der Waals surface area contributed by atoms with Crippen LogP contribution in [0, 0.1) is 11.2 Å². The Balaban J connectivity index is 2.82. The molecule has 21 heavy (non-hydrogen) atoms. The van der Waals surface area contributed by atoms with E-state index in [0.29, 0.717) is 6.42 Å². The van der Waals surface area contributed by atoms with Gasteiger partial charge in [-0.1, -0.05) is 38.4 Å². The summed E-state index contributed by atoms with van der Waals surface area (Å²) in [4.78, 5) is 23.2. The Morgan fingerprint density at radius 3 is 2.52 bits per heavy atom. The van der Waals surface area contributed by atoms with Crippen LogP contribution in [-0.2, 0) is 4.79 Å². The van der Waals surface area contributed by atoms with Crippen molar-refractivity contribution in [1.29, 1.82) is 0 Å². The predicted molar refractivity (Wildman–Crippen MR) is 79.0 cm³/mol. The van der Waals surface area contributed by atoms with Crippen LogP contribution in [0.2, 0.25) is 5.02 Å². The summed E-state index contributed by atoms with van der Waals surface area (Å²) in [7, 11) is 0. The number of hydrogen-bond donors (Lipinski definition) is 2. The number of carboxylic acids is 1. The molecule has 0 aliphatic heterocycles. The van der Waals surface area contributed by atoms with Gasteiger partial charge in [0.2, 0.25) is 0 Å². The first-order valence-electron chi connectivity index (χ1n) is 6.59. The van der Waals surface area contributed by atoms with E-state index in [9.17, 15) is 14.0 Å². The highest BCUT2D eigenvalue weighted by Gasteiger charge is 2.24. The van der Waals surface area contributed by atoms with Crippen molar-refractivity contribution in [2.75, 3.05) is 0 Å². The molecule has 2 N–H and O–H groups in total. The molecule has 0 fully saturated rings. The molecule has 0 saturated heterocycles. The molecule has 1 amide bonds. The molecular weight excluding hydrogens is 297 g/mol. The summed E-state index contributed by atoms with van der Waals surface area (Å²) in [6.45, 7) is 5.95. The minimum atomic E-state index is -1.12. The summed E-state index contributed by atoms with van der Waals surface area (Å²) in [6.07, 6.45) is 0.915. The highest BCUT2D eigenvalue weighted by molar-refractivity contribution is 6.34. The highest BCUT2D eigenvalue weighted by Crippen LogP contribution is 2.23. The van der Waals surface area contributed by atoms with Crippen molar-refractivity contribution in [3.05, 3.63) is 34.6 Å². The van der Waals surface area contributed by atoms with E-state index in [1.807, 2.05) is 20.8 Å². The maximum absolute atomic E-state index is 13.3. The number of aliphatic carboxylic acids is 1. The van der Waals surface area contributed by atoms with E-state index >= 15 is 0 Å². The summed E-state index contributed by atoms with van der Waals surface area (Å²) in [5, 5.41) is 11.2. The molecule has 0 aliphatic rings. The lowest BCUT2D eigenvalue weighted by Gasteiger charge is -2.21. The molecule has 0 spiro atoms. The second-order valence-corrected chi connectivity index (χ2v) is 6.44. The highest BCUT2D eigenvalue weighted by atomic mass is 35.5. The second-order valence-electron chi connectivity index (χ2n) is 6.06. The van der Waals surface area contributed by atoms with Crippen LogP contribution >= 0.6 is 11.6 Å². The Morgan fingerprint density at radius 2 is 2.00 bits per heavy atom. The average molecular weight is 316 g/mol. The van der Waals surface area contributed by atoms with Crippen molar-refractivity contribution in [1.82, 2.24) is 5.32 Å². The van der Waals surface area contributed by atoms with Crippen LogP contribution in [0.25, 0.3) is 0 Å². The van der Waals surface area contributed by atoms with E-state index in [2.05, 4.69) is 5.32 Å². The number of carbonyl (C=O) groups excluding carboxylic acids is 1. The number of nitrogens with one attached hydrogen (secondary N) is 1. The Bertz CT molecular complexity index is 540. The zero-order valence-corrected chi connectivity index (χ0v) is 13.0. The summed E-state index contributed by atoms with van der Waals surface area (Å²) < 4.78 is 13.3. The van der Waals surface area contributed by atoms with Crippen molar-refractivity contribution in [3.63, 3.8) is 0 Å². The van der Waals surface area contributed by atoms with E-state index in [4.69, 9.17) is 16.7 Å². The Kier molecular flexibility index (Phi) is 5.72. The Labute approximate surface area is 128 Å². The van der Waals surface area contributed by atoms with Gasteiger partial charge in [0.05, 0.1) is 10.6 Å². The zero-order chi connectivity index (χ0) is 16.2. The van der Waals surface area contributed by atoms with Crippen molar-refractivity contribution >= 4 is 23.5 Å². The molecule has 1 aromatic rings. The maximum Gasteiger partial charge on any atom is 0.326 e. The van der Waals surface area contributed by atoms with Gasteiger partial charge in [-0.3, -0.25) is 4.79 Å². The van der Waals surface area contributed by atoms with Gasteiger partial charge in [0.15, 0.2) is 0 Å². The van der Waals surface area contributed by atoms with E-state index in [0.717, 1.165) is 6.07 Å². The maximum atomic E-state index is 13.3. The standard InChI is InChI=1S/C15H19ClFNO3/c1-15(2,3)8-7-11(14(20)21)18-13(19)9-5-4-6-10(17)12(9)16/h4-6,11H,7-8H2,1-3H3,(H,18,19)(H,20,21). The Hall–Kier alpha value is -1.62. The molecule has 1 rings (SSSR count). The summed E-state index contributed by atoms with van der Waals surface area (Å²) in [6, 6.07) is 2.80. The largest absolute Gasteiger partial charge is 0.480 e. The molecule has 4 nitrogen and oxygen atoms in total. The van der Waals surface area contributed by atoms with Gasteiger partial charge < -0.3 is 10.4 Å². The van der Waals surface area contributed by atoms with Crippen molar-refractivity contribution in [3.8, 4) is 0 Å². The third-order valence-corrected chi connectivity index (χ3v) is 3.37. The van der Waals surface area contributed by atoms with Crippen LogP contribution in [0.5, 0.6) is 0 Å². The molecule has 0 radical (unpaired) electrons. The molecule has 0 saturated carbocycles. The van der Waals surface area contributed by atoms with Crippen molar-refractivity contribution < 1.29 is 19.1 Å². The molecule has 0 bridgehead atoms. The van der Waals surface area contributed by atoms with Gasteiger partial charge in [-0.2, -0.15) is 0 Å². The lowest BCUT2D eigenvalue weighted by Crippen LogP contribution is -2.41. The predicted octanol–water partition coefficient (Wildman–Crippen LogP) is 3.49. The minimum Gasteiger partial charge on any atom is -0.480 e. The van der Waals surface area contributed by atoms with Gasteiger partial charge in [-0.25, -0.2) is 9.18 Å². The van der Waals surface area contributed by atoms with Crippen LogP contribution in [-0.4, -0.2) is 23.0 Å². The van der Waals surface area contributed by atoms with E-state index < -0.39 is 23.7 Å². The molecule has 116 valence electrons. The number of rotatable bonds is 5. The van der Waals surface area contributed by atoms with E-state index in [1.165, 1.54) is 12.1 Å². The molecule has 1 aromatic carbocycles. The fourth-order valence-electron chi connectivity index (χ4n) is 1.75. The SMILES string of the molecule is CC(C)(C)CCC(NC(=O)c1cccc(F)c1Cl)C(=O)O. The molecule has 0 aromatic heterocycles. The summed E-state index contributed by atoms with van der Waals surface area (Å²) in [5.74, 6) is -2.54. The van der Waals surface area contributed by atoms with Crippen LogP contribution in [0.4, 0.5) is 4.39 Å². The van der Waals surface area contributed by atoms with Gasteiger partial charge in [0, 0.05) is 0 Å². The first kappa shape index (κ1) is 17.4. The average Bonchev–Trinajstić information content (AvgIpc) is 2.36. The van der Waals surface area contributed by atoms with Crippen LogP contribution < -0.4 is 5.32 Å². The smallest absolute Gasteiger partial charge is 0.326 e. The number of amides is 1. The number of carboxylic acid groups (broad SMARTS) is 1. The van der Waals surface area contributed by atoms with Crippen LogP contribution in [0.3, 0.4) is 0 Å². The number of hydrogen-bond acceptors (Lipinski definition) is 2. The summed E-state index contributed by atoms with van der Waals surface area (Å²) >= 11 is 5.72. The quantitative estimate of drug-likeness (QED) is 0.874. The monoisotopic (exact) mass is 315 g/mol. The van der Waals surface area contributed by atoms with Gasteiger partial charge in [-0.05, 0) is 30.4 Å². The number of halogens is 2. The topological polar surface area (TPSA) is 66.4 Å². The lowest BCUT2D eigenvalue weighted by atomic mass is 9.88. The van der Waals surface area contributed by atoms with Gasteiger partial charge in [-0.15, -0.1) is 0 Å². The third-order valence-electron chi connectivity index (χ3n) is 2.98.